The highest BCUT2D eigenvalue weighted by Crippen LogP contribution is 2.46. The number of rotatable bonds is 21. The van der Waals surface area contributed by atoms with Crippen LogP contribution in [0.25, 0.3) is 11.1 Å². The molecule has 0 aromatic heterocycles. The molecule has 0 aliphatic heterocycles. The van der Waals surface area contributed by atoms with Crippen molar-refractivity contribution in [2.24, 2.45) is 0 Å². The van der Waals surface area contributed by atoms with Crippen LogP contribution in [-0.4, -0.2) is 22.8 Å². The highest BCUT2D eigenvalue weighted by atomic mass is 16.5. The molecule has 1 aliphatic rings. The van der Waals surface area contributed by atoms with Crippen LogP contribution in [0.2, 0.25) is 0 Å². The molecule has 1 fully saturated rings. The molecule has 1 aliphatic carbocycles. The molecule has 0 bridgehead atoms. The third-order valence-corrected chi connectivity index (χ3v) is 17.1. The predicted octanol–water partition coefficient (Wildman–Crippen LogP) is 19.3. The first-order valence-corrected chi connectivity index (χ1v) is 28.2. The van der Waals surface area contributed by atoms with E-state index in [1.165, 1.54) is 36.0 Å². The number of benzene rings is 8. The monoisotopic (exact) mass is 1040 g/mol. The molecule has 6 nitrogen and oxygen atoms in total. The van der Waals surface area contributed by atoms with Crippen LogP contribution in [0.15, 0.2) is 194 Å². The largest absolute Gasteiger partial charge is 0.488 e. The van der Waals surface area contributed by atoms with E-state index in [2.05, 4.69) is 147 Å². The van der Waals surface area contributed by atoms with E-state index in [9.17, 15) is 9.59 Å². The Hall–Kier alpha value is -7.70. The van der Waals surface area contributed by atoms with Crippen LogP contribution >= 0.6 is 0 Å². The zero-order valence-electron chi connectivity index (χ0n) is 47.2. The molecule has 78 heavy (non-hydrogen) atoms. The van der Waals surface area contributed by atoms with Gasteiger partial charge in [-0.3, -0.25) is 9.59 Å². The SMILES string of the molecule is CCC(C)c1ccc(C(=O)c2ccc(Oc3ccc(-c4ccc(OC(C)(CC)C(C)(C)c5ccc(C(=O)c6ccc(Oc7ccc(C8(c9ccc(OC(C)(C)CC)cc9)CCCCC8)cc7)cc6)cc5)cc4)cc3)cc2)cc1. The van der Waals surface area contributed by atoms with Gasteiger partial charge in [-0.1, -0.05) is 158 Å². The molecule has 0 saturated heterocycles. The third kappa shape index (κ3) is 12.2. The lowest BCUT2D eigenvalue weighted by Gasteiger charge is -2.44. The van der Waals surface area contributed by atoms with Crippen molar-refractivity contribution in [2.45, 2.75) is 142 Å². The summed E-state index contributed by atoms with van der Waals surface area (Å²) in [5, 5.41) is 0. The third-order valence-electron chi connectivity index (χ3n) is 17.1. The topological polar surface area (TPSA) is 71.1 Å². The lowest BCUT2D eigenvalue weighted by atomic mass is 9.65. The second-order valence-corrected chi connectivity index (χ2v) is 22.7. The van der Waals surface area contributed by atoms with Crippen LogP contribution < -0.4 is 18.9 Å². The smallest absolute Gasteiger partial charge is 0.193 e. The number of carbonyl (C=O) groups is 2. The zero-order valence-corrected chi connectivity index (χ0v) is 47.2. The summed E-state index contributed by atoms with van der Waals surface area (Å²) in [6.07, 6.45) is 8.66. The number of hydrogen-bond acceptors (Lipinski definition) is 6. The summed E-state index contributed by atoms with van der Waals surface area (Å²) < 4.78 is 25.6. The van der Waals surface area contributed by atoms with Crippen LogP contribution in [0, 0.1) is 0 Å². The van der Waals surface area contributed by atoms with Gasteiger partial charge in [0.2, 0.25) is 0 Å². The minimum absolute atomic E-state index is 0.00583. The van der Waals surface area contributed by atoms with Crippen LogP contribution in [-0.2, 0) is 10.8 Å². The Labute approximate surface area is 463 Å². The number of ketones is 2. The van der Waals surface area contributed by atoms with Crippen molar-refractivity contribution in [3.63, 3.8) is 0 Å². The van der Waals surface area contributed by atoms with E-state index in [4.69, 9.17) is 18.9 Å². The lowest BCUT2D eigenvalue weighted by Crippen LogP contribution is -2.49. The normalized spacial score (nSPS) is 14.6. The second kappa shape index (κ2) is 23.5. The molecule has 8 aromatic carbocycles. The van der Waals surface area contributed by atoms with Crippen molar-refractivity contribution in [3.05, 3.63) is 239 Å². The molecular weight excluding hydrogens is 961 g/mol. The van der Waals surface area contributed by atoms with Gasteiger partial charge in [0.1, 0.15) is 45.7 Å². The van der Waals surface area contributed by atoms with Gasteiger partial charge in [-0.2, -0.15) is 0 Å². The summed E-state index contributed by atoms with van der Waals surface area (Å²) >= 11 is 0. The molecule has 8 aromatic rings. The molecule has 0 radical (unpaired) electrons. The molecule has 2 atom stereocenters. The molecule has 400 valence electrons. The van der Waals surface area contributed by atoms with Crippen LogP contribution in [0.1, 0.15) is 174 Å². The van der Waals surface area contributed by atoms with Gasteiger partial charge in [0.25, 0.3) is 0 Å². The molecule has 0 spiro atoms. The van der Waals surface area contributed by atoms with Gasteiger partial charge in [-0.25, -0.2) is 0 Å². The molecule has 6 heteroatoms. The summed E-state index contributed by atoms with van der Waals surface area (Å²) in [5.74, 6) is 4.92. The molecule has 2 unspecified atom stereocenters. The van der Waals surface area contributed by atoms with Gasteiger partial charge >= 0.3 is 0 Å². The number of carbonyl (C=O) groups excluding carboxylic acids is 2. The molecule has 0 amide bonds. The van der Waals surface area contributed by atoms with E-state index < -0.39 is 11.0 Å². The maximum absolute atomic E-state index is 13.8. The van der Waals surface area contributed by atoms with Crippen molar-refractivity contribution in [2.75, 3.05) is 0 Å². The molecule has 1 saturated carbocycles. The Morgan fingerprint density at radius 3 is 1.21 bits per heavy atom. The summed E-state index contributed by atoms with van der Waals surface area (Å²) in [6, 6.07) is 64.2. The van der Waals surface area contributed by atoms with Gasteiger partial charge in [0, 0.05) is 33.1 Å². The highest BCUT2D eigenvalue weighted by molar-refractivity contribution is 6.09. The molecule has 9 rings (SSSR count). The highest BCUT2D eigenvalue weighted by Gasteiger charge is 2.43. The first-order valence-electron chi connectivity index (χ1n) is 28.2. The van der Waals surface area contributed by atoms with E-state index in [1.54, 1.807) is 0 Å². The minimum atomic E-state index is -0.565. The first-order chi connectivity index (χ1) is 37.5. The van der Waals surface area contributed by atoms with Gasteiger partial charge in [-0.05, 0) is 189 Å². The lowest BCUT2D eigenvalue weighted by molar-refractivity contribution is 0.0138. The van der Waals surface area contributed by atoms with E-state index >= 15 is 0 Å². The number of ether oxygens (including phenoxy) is 4. The fourth-order valence-corrected chi connectivity index (χ4v) is 10.8. The zero-order chi connectivity index (χ0) is 55.1. The Bertz CT molecular complexity index is 3260. The minimum Gasteiger partial charge on any atom is -0.488 e. The van der Waals surface area contributed by atoms with Crippen LogP contribution in [0.3, 0.4) is 0 Å². The average molecular weight is 1040 g/mol. The number of hydrogen-bond donors (Lipinski definition) is 0. The van der Waals surface area contributed by atoms with Gasteiger partial charge in [0.05, 0.1) is 0 Å². The van der Waals surface area contributed by atoms with E-state index in [0.29, 0.717) is 45.4 Å². The van der Waals surface area contributed by atoms with Crippen molar-refractivity contribution >= 4 is 11.6 Å². The molecule has 0 heterocycles. The van der Waals surface area contributed by atoms with Crippen LogP contribution in [0.5, 0.6) is 34.5 Å². The maximum atomic E-state index is 13.8. The van der Waals surface area contributed by atoms with Gasteiger partial charge in [-0.15, -0.1) is 0 Å². The molecular formula is C72H76O6. The summed E-state index contributed by atoms with van der Waals surface area (Å²) in [7, 11) is 0. The van der Waals surface area contributed by atoms with Gasteiger partial charge in [0.15, 0.2) is 11.6 Å². The second-order valence-electron chi connectivity index (χ2n) is 22.7. The summed E-state index contributed by atoms with van der Waals surface area (Å²) in [6.45, 7) is 19.5. The fourth-order valence-electron chi connectivity index (χ4n) is 10.8. The molecule has 0 N–H and O–H groups in total. The van der Waals surface area contributed by atoms with Crippen molar-refractivity contribution < 1.29 is 28.5 Å². The van der Waals surface area contributed by atoms with E-state index in [0.717, 1.165) is 66.0 Å². The van der Waals surface area contributed by atoms with Crippen molar-refractivity contribution in [3.8, 4) is 45.6 Å². The van der Waals surface area contributed by atoms with E-state index in [1.807, 2.05) is 109 Å². The Morgan fingerprint density at radius 2 is 0.795 bits per heavy atom. The first kappa shape index (κ1) is 55.1. The standard InChI is InChI=1S/C72H76O6/c1-10-50(4)51-16-18-54(19-17-51)67(73)56-26-38-62(39-27-56)75-61-36-22-52(23-37-61)53-24-42-66(43-25-53)78-71(9,12-3)70(7,8)58-30-20-55(21-31-58)68(74)57-28-40-63(41-29-57)76-64-44-32-59(33-45-64)72(48-14-13-15-49-72)60-34-46-65(47-35-60)77-69(5,6)11-2/h16-47,50H,10-15,48-49H2,1-9H3. The average Bonchev–Trinajstić information content (AvgIpc) is 3.50. The fraction of sp³-hybridized carbons (Fsp3) is 0.306. The van der Waals surface area contributed by atoms with Crippen LogP contribution in [0.4, 0.5) is 0 Å². The Balaban J connectivity index is 0.784. The summed E-state index contributed by atoms with van der Waals surface area (Å²) in [4.78, 5) is 27.0. The Morgan fingerprint density at radius 1 is 0.436 bits per heavy atom. The van der Waals surface area contributed by atoms with Crippen molar-refractivity contribution in [1.29, 1.82) is 0 Å². The van der Waals surface area contributed by atoms with E-state index in [-0.39, 0.29) is 22.6 Å². The predicted molar refractivity (Wildman–Crippen MR) is 317 cm³/mol. The maximum Gasteiger partial charge on any atom is 0.193 e. The van der Waals surface area contributed by atoms with Gasteiger partial charge < -0.3 is 18.9 Å². The summed E-state index contributed by atoms with van der Waals surface area (Å²) in [5.41, 5.74) is 8.40. The quantitative estimate of drug-likeness (QED) is 0.0668. The van der Waals surface area contributed by atoms with Crippen molar-refractivity contribution in [1.82, 2.24) is 0 Å². The Kier molecular flexibility index (Phi) is 16.6.